The predicted molar refractivity (Wildman–Crippen MR) is 71.3 cm³/mol. The number of aromatic nitrogens is 4. The van der Waals surface area contributed by atoms with E-state index in [9.17, 15) is 9.18 Å². The van der Waals surface area contributed by atoms with Gasteiger partial charge < -0.3 is 9.84 Å². The lowest BCUT2D eigenvalue weighted by Crippen LogP contribution is -2.15. The highest BCUT2D eigenvalue weighted by Gasteiger charge is 2.20. The first kappa shape index (κ1) is 14.9. The van der Waals surface area contributed by atoms with Crippen molar-refractivity contribution in [3.63, 3.8) is 0 Å². The van der Waals surface area contributed by atoms with Crippen molar-refractivity contribution < 1.29 is 19.0 Å². The fourth-order valence-corrected chi connectivity index (χ4v) is 2.04. The number of hydrogen-bond acceptors (Lipinski definition) is 5. The van der Waals surface area contributed by atoms with Crippen LogP contribution in [0, 0.1) is 5.82 Å². The number of nitrogens with zero attached hydrogens (tertiary/aromatic N) is 4. The van der Waals surface area contributed by atoms with E-state index in [2.05, 4.69) is 15.5 Å². The van der Waals surface area contributed by atoms with Crippen molar-refractivity contribution in [2.75, 3.05) is 7.11 Å². The normalized spacial score (nSPS) is 12.1. The molecule has 1 atom stereocenters. The monoisotopic (exact) mass is 294 g/mol. The first-order chi connectivity index (χ1) is 10.1. The molecule has 2 rings (SSSR count). The maximum atomic E-state index is 13.8. The Morgan fingerprint density at radius 1 is 1.52 bits per heavy atom. The SMILES string of the molecule is CCC(CC(=O)O)n1nnnc1-c1ccc(OC)c(F)c1. The Balaban J connectivity index is 2.39. The van der Waals surface area contributed by atoms with Crippen molar-refractivity contribution in [2.45, 2.75) is 25.8 Å². The van der Waals surface area contributed by atoms with Gasteiger partial charge in [-0.2, -0.15) is 0 Å². The van der Waals surface area contributed by atoms with E-state index in [-0.39, 0.29) is 12.2 Å². The zero-order chi connectivity index (χ0) is 15.4. The second kappa shape index (κ2) is 6.29. The summed E-state index contributed by atoms with van der Waals surface area (Å²) in [4.78, 5) is 10.9. The number of carboxylic acids is 1. The highest BCUT2D eigenvalue weighted by Crippen LogP contribution is 2.26. The topological polar surface area (TPSA) is 90.1 Å². The van der Waals surface area contributed by atoms with Crippen molar-refractivity contribution in [3.8, 4) is 17.1 Å². The van der Waals surface area contributed by atoms with Crippen LogP contribution in [0.2, 0.25) is 0 Å². The number of tetrazole rings is 1. The molecule has 7 nitrogen and oxygen atoms in total. The number of ether oxygens (including phenoxy) is 1. The van der Waals surface area contributed by atoms with Gasteiger partial charge in [0.25, 0.3) is 0 Å². The smallest absolute Gasteiger partial charge is 0.305 e. The maximum absolute atomic E-state index is 13.8. The van der Waals surface area contributed by atoms with Crippen LogP contribution >= 0.6 is 0 Å². The minimum absolute atomic E-state index is 0.104. The molecule has 1 aromatic heterocycles. The molecule has 0 spiro atoms. The van der Waals surface area contributed by atoms with E-state index < -0.39 is 17.8 Å². The molecule has 0 aliphatic heterocycles. The molecule has 8 heteroatoms. The highest BCUT2D eigenvalue weighted by atomic mass is 19.1. The third-order valence-electron chi connectivity index (χ3n) is 3.13. The maximum Gasteiger partial charge on any atom is 0.305 e. The first-order valence-electron chi connectivity index (χ1n) is 6.40. The summed E-state index contributed by atoms with van der Waals surface area (Å²) in [6.07, 6.45) is 0.441. The largest absolute Gasteiger partial charge is 0.494 e. The van der Waals surface area contributed by atoms with Crippen LogP contribution in [0.25, 0.3) is 11.4 Å². The van der Waals surface area contributed by atoms with Crippen LogP contribution in [0.15, 0.2) is 18.2 Å². The second-order valence-electron chi connectivity index (χ2n) is 4.46. The number of benzene rings is 1. The second-order valence-corrected chi connectivity index (χ2v) is 4.46. The van der Waals surface area contributed by atoms with Gasteiger partial charge in [-0.05, 0) is 35.0 Å². The number of rotatable bonds is 6. The Hall–Kier alpha value is -2.51. The van der Waals surface area contributed by atoms with Gasteiger partial charge in [0.1, 0.15) is 0 Å². The number of methoxy groups -OCH3 is 1. The van der Waals surface area contributed by atoms with Crippen molar-refractivity contribution in [1.29, 1.82) is 0 Å². The van der Waals surface area contributed by atoms with Crippen LogP contribution in [0.4, 0.5) is 4.39 Å². The lowest BCUT2D eigenvalue weighted by Gasteiger charge is -2.14. The van der Waals surface area contributed by atoms with Gasteiger partial charge in [0.05, 0.1) is 19.6 Å². The Morgan fingerprint density at radius 2 is 2.29 bits per heavy atom. The average Bonchev–Trinajstić information content (AvgIpc) is 2.93. The molecule has 1 aromatic carbocycles. The van der Waals surface area contributed by atoms with Crippen molar-refractivity contribution in [1.82, 2.24) is 20.2 Å². The van der Waals surface area contributed by atoms with Gasteiger partial charge in [0.15, 0.2) is 17.4 Å². The fourth-order valence-electron chi connectivity index (χ4n) is 2.04. The number of carboxylic acid groups (broad SMARTS) is 1. The lowest BCUT2D eigenvalue weighted by molar-refractivity contribution is -0.138. The minimum atomic E-state index is -0.941. The molecule has 0 radical (unpaired) electrons. The van der Waals surface area contributed by atoms with E-state index in [1.54, 1.807) is 6.07 Å². The average molecular weight is 294 g/mol. The summed E-state index contributed by atoms with van der Waals surface area (Å²) in [5.41, 5.74) is 0.460. The molecular formula is C13H15FN4O3. The molecule has 0 amide bonds. The van der Waals surface area contributed by atoms with Gasteiger partial charge in [0.2, 0.25) is 0 Å². The zero-order valence-electron chi connectivity index (χ0n) is 11.7. The van der Waals surface area contributed by atoms with E-state index in [1.807, 2.05) is 6.92 Å². The quantitative estimate of drug-likeness (QED) is 0.875. The molecule has 21 heavy (non-hydrogen) atoms. The Morgan fingerprint density at radius 3 is 2.86 bits per heavy atom. The third-order valence-corrected chi connectivity index (χ3v) is 3.13. The molecule has 0 bridgehead atoms. The standard InChI is InChI=1S/C13H15FN4O3/c1-3-9(7-12(19)20)18-13(15-16-17-18)8-4-5-11(21-2)10(14)6-8/h4-6,9H,3,7H2,1-2H3,(H,19,20). The fraction of sp³-hybridized carbons (Fsp3) is 0.385. The van der Waals surface area contributed by atoms with E-state index in [4.69, 9.17) is 9.84 Å². The van der Waals surface area contributed by atoms with Crippen LogP contribution in [-0.4, -0.2) is 38.4 Å². The van der Waals surface area contributed by atoms with Crippen molar-refractivity contribution >= 4 is 5.97 Å². The molecule has 0 aliphatic rings. The van der Waals surface area contributed by atoms with E-state index in [1.165, 1.54) is 23.9 Å². The summed E-state index contributed by atoms with van der Waals surface area (Å²) >= 11 is 0. The molecular weight excluding hydrogens is 279 g/mol. The van der Waals surface area contributed by atoms with Gasteiger partial charge in [-0.1, -0.05) is 6.92 Å². The van der Waals surface area contributed by atoms with Crippen LogP contribution < -0.4 is 4.74 Å². The van der Waals surface area contributed by atoms with Gasteiger partial charge in [-0.25, -0.2) is 9.07 Å². The third kappa shape index (κ3) is 3.15. The van der Waals surface area contributed by atoms with Crippen molar-refractivity contribution in [2.24, 2.45) is 0 Å². The molecule has 1 unspecified atom stereocenters. The summed E-state index contributed by atoms with van der Waals surface area (Å²) in [5.74, 6) is -1.03. The minimum Gasteiger partial charge on any atom is -0.494 e. The number of halogens is 1. The summed E-state index contributed by atoms with van der Waals surface area (Å²) in [5, 5.41) is 20.2. The lowest BCUT2D eigenvalue weighted by atomic mass is 10.1. The molecule has 0 saturated carbocycles. The van der Waals surface area contributed by atoms with Crippen molar-refractivity contribution in [3.05, 3.63) is 24.0 Å². The van der Waals surface area contributed by atoms with Gasteiger partial charge in [-0.15, -0.1) is 5.10 Å². The molecule has 0 saturated heterocycles. The molecule has 112 valence electrons. The van der Waals surface area contributed by atoms with Crippen LogP contribution in [0.5, 0.6) is 5.75 Å². The van der Waals surface area contributed by atoms with Crippen LogP contribution in [0.1, 0.15) is 25.8 Å². The Kier molecular flexibility index (Phi) is 4.46. The zero-order valence-corrected chi connectivity index (χ0v) is 11.7. The van der Waals surface area contributed by atoms with Gasteiger partial charge >= 0.3 is 5.97 Å². The van der Waals surface area contributed by atoms with Crippen LogP contribution in [-0.2, 0) is 4.79 Å². The molecule has 2 aromatic rings. The summed E-state index contributed by atoms with van der Waals surface area (Å²) in [7, 11) is 1.38. The number of carbonyl (C=O) groups is 1. The van der Waals surface area contributed by atoms with E-state index >= 15 is 0 Å². The summed E-state index contributed by atoms with van der Waals surface area (Å²) < 4.78 is 20.0. The van der Waals surface area contributed by atoms with Crippen LogP contribution in [0.3, 0.4) is 0 Å². The molecule has 1 N–H and O–H groups in total. The van der Waals surface area contributed by atoms with Gasteiger partial charge in [0, 0.05) is 5.56 Å². The number of hydrogen-bond donors (Lipinski definition) is 1. The summed E-state index contributed by atoms with van der Waals surface area (Å²) in [6.45, 7) is 1.84. The molecule has 0 fully saturated rings. The predicted octanol–water partition coefficient (Wildman–Crippen LogP) is 1.91. The summed E-state index contributed by atoms with van der Waals surface area (Å²) in [6, 6.07) is 3.96. The Labute approximate surface area is 120 Å². The van der Waals surface area contributed by atoms with E-state index in [0.29, 0.717) is 17.8 Å². The first-order valence-corrected chi connectivity index (χ1v) is 6.40. The van der Waals surface area contributed by atoms with Gasteiger partial charge in [-0.3, -0.25) is 4.79 Å². The molecule has 1 heterocycles. The van der Waals surface area contributed by atoms with E-state index in [0.717, 1.165) is 0 Å². The molecule has 0 aliphatic carbocycles. The Bertz CT molecular complexity index is 644. The highest BCUT2D eigenvalue weighted by molar-refractivity contribution is 5.67. The number of aliphatic carboxylic acids is 1.